The first-order valence-electron chi connectivity index (χ1n) is 6.26. The van der Waals surface area contributed by atoms with Crippen molar-refractivity contribution in [2.75, 3.05) is 11.9 Å². The zero-order chi connectivity index (χ0) is 14.6. The lowest BCUT2D eigenvalue weighted by atomic mass is 9.93. The largest absolute Gasteiger partial charge is 0.388 e. The third-order valence-corrected chi connectivity index (χ3v) is 3.29. The van der Waals surface area contributed by atoms with Crippen LogP contribution in [0.3, 0.4) is 0 Å². The zero-order valence-corrected chi connectivity index (χ0v) is 11.7. The van der Waals surface area contributed by atoms with Gasteiger partial charge in [0.25, 0.3) is 0 Å². The summed E-state index contributed by atoms with van der Waals surface area (Å²) in [6.45, 7) is 7.29. The van der Waals surface area contributed by atoms with Crippen LogP contribution in [0, 0.1) is 18.7 Å². The number of halogens is 1. The smallest absolute Gasteiger partial charge is 0.319 e. The topological polar surface area (TPSA) is 61.4 Å². The van der Waals surface area contributed by atoms with Gasteiger partial charge in [0, 0.05) is 12.2 Å². The molecule has 1 atom stereocenters. The standard InChI is InChI=1S/C14H21FN2O2/c1-9(2)14(4,19)8-16-13(18)17-12-6-5-11(15)7-10(12)3/h5-7,9,19H,8H2,1-4H3,(H2,16,17,18). The third-order valence-electron chi connectivity index (χ3n) is 3.29. The number of aryl methyl sites for hydroxylation is 1. The number of carbonyl (C=O) groups is 1. The van der Waals surface area contributed by atoms with E-state index in [2.05, 4.69) is 10.6 Å². The third kappa shape index (κ3) is 4.52. The van der Waals surface area contributed by atoms with Gasteiger partial charge in [-0.1, -0.05) is 13.8 Å². The second kappa shape index (κ2) is 6.02. The van der Waals surface area contributed by atoms with Gasteiger partial charge in [0.2, 0.25) is 0 Å². The van der Waals surface area contributed by atoms with Crippen LogP contribution in [0.1, 0.15) is 26.3 Å². The molecule has 3 N–H and O–H groups in total. The number of benzene rings is 1. The van der Waals surface area contributed by atoms with Gasteiger partial charge in [-0.05, 0) is 43.5 Å². The van der Waals surface area contributed by atoms with E-state index in [1.165, 1.54) is 18.2 Å². The molecule has 106 valence electrons. The molecule has 2 amide bonds. The Bertz CT molecular complexity index is 459. The van der Waals surface area contributed by atoms with Crippen molar-refractivity contribution in [1.29, 1.82) is 0 Å². The first-order valence-corrected chi connectivity index (χ1v) is 6.26. The van der Waals surface area contributed by atoms with Crippen LogP contribution >= 0.6 is 0 Å². The average Bonchev–Trinajstić information content (AvgIpc) is 2.30. The van der Waals surface area contributed by atoms with Crippen LogP contribution in [0.25, 0.3) is 0 Å². The Kier molecular flexibility index (Phi) is 4.89. The summed E-state index contributed by atoms with van der Waals surface area (Å²) in [5.41, 5.74) is 0.226. The summed E-state index contributed by atoms with van der Waals surface area (Å²) >= 11 is 0. The number of rotatable bonds is 4. The maximum atomic E-state index is 12.9. The van der Waals surface area contributed by atoms with Crippen LogP contribution < -0.4 is 10.6 Å². The minimum absolute atomic E-state index is 0.0281. The molecule has 19 heavy (non-hydrogen) atoms. The quantitative estimate of drug-likeness (QED) is 0.786. The normalized spacial score (nSPS) is 14.1. The lowest BCUT2D eigenvalue weighted by Gasteiger charge is -2.27. The van der Waals surface area contributed by atoms with E-state index in [0.29, 0.717) is 11.3 Å². The molecule has 0 saturated heterocycles. The fraction of sp³-hybridized carbons (Fsp3) is 0.500. The molecule has 1 aromatic rings. The summed E-state index contributed by atoms with van der Waals surface area (Å²) in [6.07, 6.45) is 0. The molecule has 0 spiro atoms. The highest BCUT2D eigenvalue weighted by Crippen LogP contribution is 2.16. The highest BCUT2D eigenvalue weighted by Gasteiger charge is 2.25. The number of urea groups is 1. The van der Waals surface area contributed by atoms with Crippen LogP contribution in [0.4, 0.5) is 14.9 Å². The molecule has 0 radical (unpaired) electrons. The summed E-state index contributed by atoms with van der Waals surface area (Å²) in [6, 6.07) is 3.72. The van der Waals surface area contributed by atoms with Gasteiger partial charge in [0.1, 0.15) is 5.82 Å². The molecular formula is C14H21FN2O2. The summed E-state index contributed by atoms with van der Waals surface area (Å²) in [5.74, 6) is -0.313. The summed E-state index contributed by atoms with van der Waals surface area (Å²) < 4.78 is 12.9. The number of nitrogens with one attached hydrogen (secondary N) is 2. The van der Waals surface area contributed by atoms with Crippen molar-refractivity contribution in [2.24, 2.45) is 5.92 Å². The lowest BCUT2D eigenvalue weighted by Crippen LogP contribution is -2.45. The molecule has 0 aliphatic heterocycles. The summed E-state index contributed by atoms with van der Waals surface area (Å²) in [7, 11) is 0. The van der Waals surface area contributed by atoms with Gasteiger partial charge in [-0.15, -0.1) is 0 Å². The molecule has 0 heterocycles. The number of hydrogen-bond donors (Lipinski definition) is 3. The molecule has 1 unspecified atom stereocenters. The van der Waals surface area contributed by atoms with Gasteiger partial charge in [-0.3, -0.25) is 0 Å². The molecule has 1 aromatic carbocycles. The minimum Gasteiger partial charge on any atom is -0.388 e. The van der Waals surface area contributed by atoms with Crippen molar-refractivity contribution in [3.8, 4) is 0 Å². The lowest BCUT2D eigenvalue weighted by molar-refractivity contribution is 0.0170. The number of amides is 2. The molecule has 0 aliphatic carbocycles. The van der Waals surface area contributed by atoms with Crippen LogP contribution in [-0.2, 0) is 0 Å². The van der Waals surface area contributed by atoms with Crippen LogP contribution in [0.15, 0.2) is 18.2 Å². The van der Waals surface area contributed by atoms with E-state index < -0.39 is 11.6 Å². The van der Waals surface area contributed by atoms with Gasteiger partial charge in [0.05, 0.1) is 5.60 Å². The maximum absolute atomic E-state index is 12.9. The van der Waals surface area contributed by atoms with E-state index in [0.717, 1.165) is 0 Å². The predicted molar refractivity (Wildman–Crippen MR) is 73.6 cm³/mol. The molecule has 0 bridgehead atoms. The SMILES string of the molecule is Cc1cc(F)ccc1NC(=O)NCC(C)(O)C(C)C. The van der Waals surface area contributed by atoms with E-state index in [-0.39, 0.29) is 18.3 Å². The molecular weight excluding hydrogens is 247 g/mol. The first-order chi connectivity index (χ1) is 8.72. The van der Waals surface area contributed by atoms with Crippen molar-refractivity contribution < 1.29 is 14.3 Å². The second-order valence-electron chi connectivity index (χ2n) is 5.28. The molecule has 0 fully saturated rings. The van der Waals surface area contributed by atoms with Gasteiger partial charge >= 0.3 is 6.03 Å². The summed E-state index contributed by atoms with van der Waals surface area (Å²) in [4.78, 5) is 11.7. The molecule has 0 aliphatic rings. The fourth-order valence-electron chi connectivity index (χ4n) is 1.40. The molecule has 5 heteroatoms. The average molecular weight is 268 g/mol. The molecule has 1 rings (SSSR count). The van der Waals surface area contributed by atoms with E-state index in [1.54, 1.807) is 13.8 Å². The second-order valence-corrected chi connectivity index (χ2v) is 5.28. The van der Waals surface area contributed by atoms with E-state index in [1.807, 2.05) is 13.8 Å². The number of aliphatic hydroxyl groups is 1. The fourth-order valence-corrected chi connectivity index (χ4v) is 1.40. The monoisotopic (exact) mass is 268 g/mol. The highest BCUT2D eigenvalue weighted by atomic mass is 19.1. The van der Waals surface area contributed by atoms with Crippen molar-refractivity contribution >= 4 is 11.7 Å². The van der Waals surface area contributed by atoms with Gasteiger partial charge in [0.15, 0.2) is 0 Å². The van der Waals surface area contributed by atoms with E-state index in [4.69, 9.17) is 0 Å². The predicted octanol–water partition coefficient (Wildman–Crippen LogP) is 2.66. The molecule has 4 nitrogen and oxygen atoms in total. The Balaban J connectivity index is 2.57. The van der Waals surface area contributed by atoms with Crippen LogP contribution in [0.5, 0.6) is 0 Å². The number of hydrogen-bond acceptors (Lipinski definition) is 2. The zero-order valence-electron chi connectivity index (χ0n) is 11.7. The van der Waals surface area contributed by atoms with E-state index >= 15 is 0 Å². The Morgan fingerprint density at radius 3 is 2.63 bits per heavy atom. The Morgan fingerprint density at radius 2 is 2.11 bits per heavy atom. The van der Waals surface area contributed by atoms with Gasteiger partial charge < -0.3 is 15.7 Å². The van der Waals surface area contributed by atoms with Crippen molar-refractivity contribution in [3.05, 3.63) is 29.6 Å². The number of anilines is 1. The number of carbonyl (C=O) groups excluding carboxylic acids is 1. The van der Waals surface area contributed by atoms with Crippen LogP contribution in [0.2, 0.25) is 0 Å². The Hall–Kier alpha value is -1.62. The van der Waals surface area contributed by atoms with Gasteiger partial charge in [-0.2, -0.15) is 0 Å². The van der Waals surface area contributed by atoms with Crippen LogP contribution in [-0.4, -0.2) is 23.3 Å². The van der Waals surface area contributed by atoms with Crippen molar-refractivity contribution in [1.82, 2.24) is 5.32 Å². The Morgan fingerprint density at radius 1 is 1.47 bits per heavy atom. The summed E-state index contributed by atoms with van der Waals surface area (Å²) in [5, 5.41) is 15.2. The molecule has 0 aromatic heterocycles. The minimum atomic E-state index is -0.963. The van der Waals surface area contributed by atoms with Crippen molar-refractivity contribution in [2.45, 2.75) is 33.3 Å². The van der Waals surface area contributed by atoms with Crippen molar-refractivity contribution in [3.63, 3.8) is 0 Å². The first kappa shape index (κ1) is 15.4. The molecule has 0 saturated carbocycles. The maximum Gasteiger partial charge on any atom is 0.319 e. The highest BCUT2D eigenvalue weighted by molar-refractivity contribution is 5.90. The Labute approximate surface area is 113 Å². The van der Waals surface area contributed by atoms with Gasteiger partial charge in [-0.25, -0.2) is 9.18 Å². The van der Waals surface area contributed by atoms with E-state index in [9.17, 15) is 14.3 Å².